The fraction of sp³-hybridized carbons (Fsp3) is 0.769. The maximum Gasteiger partial charge on any atom is 0.0946 e. The lowest BCUT2D eigenvalue weighted by molar-refractivity contribution is 0.00897. The van der Waals surface area contributed by atoms with Crippen LogP contribution in [0.15, 0.2) is 12.5 Å². The Bertz CT molecular complexity index is 329. The molecule has 0 spiro atoms. The number of aryl methyl sites for hydroxylation is 1. The molecule has 0 amide bonds. The highest BCUT2D eigenvalue weighted by Crippen LogP contribution is 2.22. The zero-order chi connectivity index (χ0) is 12.1. The molecule has 0 saturated heterocycles. The quantitative estimate of drug-likeness (QED) is 0.849. The lowest BCUT2D eigenvalue weighted by atomic mass is 9.93. The van der Waals surface area contributed by atoms with Crippen LogP contribution in [0.25, 0.3) is 0 Å². The van der Waals surface area contributed by atoms with Crippen molar-refractivity contribution in [2.75, 3.05) is 6.54 Å². The summed E-state index contributed by atoms with van der Waals surface area (Å²) in [4.78, 5) is 4.09. The number of hydrogen-bond donors (Lipinski definition) is 1. The zero-order valence-corrected chi connectivity index (χ0v) is 10.9. The first-order valence-electron chi connectivity index (χ1n) is 6.59. The summed E-state index contributed by atoms with van der Waals surface area (Å²) in [5.41, 5.74) is 1.15. The molecule has 0 bridgehead atoms. The van der Waals surface area contributed by atoms with Crippen molar-refractivity contribution in [1.29, 1.82) is 0 Å². The van der Waals surface area contributed by atoms with E-state index in [4.69, 9.17) is 4.74 Å². The Morgan fingerprint density at radius 2 is 2.18 bits per heavy atom. The van der Waals surface area contributed by atoms with E-state index < -0.39 is 0 Å². The standard InChI is InChI=1S/C13H23N3O/c1-3-15-11-4-6-13(7-5-11)17-9-12-8-14-10-16(12)2/h8,10-11,13,15H,3-7,9H2,1-2H3. The number of hydrogen-bond acceptors (Lipinski definition) is 3. The van der Waals surface area contributed by atoms with E-state index in [0.29, 0.717) is 18.8 Å². The van der Waals surface area contributed by atoms with Gasteiger partial charge in [-0.05, 0) is 32.2 Å². The van der Waals surface area contributed by atoms with Crippen LogP contribution in [0.3, 0.4) is 0 Å². The van der Waals surface area contributed by atoms with E-state index in [-0.39, 0.29) is 0 Å². The smallest absolute Gasteiger partial charge is 0.0946 e. The van der Waals surface area contributed by atoms with E-state index in [1.165, 1.54) is 25.7 Å². The van der Waals surface area contributed by atoms with Crippen LogP contribution in [0, 0.1) is 0 Å². The van der Waals surface area contributed by atoms with E-state index in [9.17, 15) is 0 Å². The number of nitrogens with one attached hydrogen (secondary N) is 1. The van der Waals surface area contributed by atoms with Gasteiger partial charge in [-0.1, -0.05) is 6.92 Å². The molecule has 0 unspecified atom stereocenters. The van der Waals surface area contributed by atoms with Gasteiger partial charge in [0, 0.05) is 13.1 Å². The average Bonchev–Trinajstić information content (AvgIpc) is 2.75. The monoisotopic (exact) mass is 237 g/mol. The lowest BCUT2D eigenvalue weighted by Crippen LogP contribution is -2.35. The van der Waals surface area contributed by atoms with Crippen LogP contribution >= 0.6 is 0 Å². The first-order chi connectivity index (χ1) is 8.29. The van der Waals surface area contributed by atoms with E-state index in [2.05, 4.69) is 17.2 Å². The summed E-state index contributed by atoms with van der Waals surface area (Å²) in [6, 6.07) is 0.705. The van der Waals surface area contributed by atoms with E-state index in [1.54, 1.807) is 0 Å². The van der Waals surface area contributed by atoms with Gasteiger partial charge in [0.25, 0.3) is 0 Å². The molecule has 0 aromatic carbocycles. The van der Waals surface area contributed by atoms with Crippen molar-refractivity contribution in [2.24, 2.45) is 7.05 Å². The number of nitrogens with zero attached hydrogens (tertiary/aromatic N) is 2. The summed E-state index contributed by atoms with van der Waals surface area (Å²) >= 11 is 0. The second-order valence-corrected chi connectivity index (χ2v) is 4.84. The summed E-state index contributed by atoms with van der Waals surface area (Å²) in [5, 5.41) is 3.51. The first kappa shape index (κ1) is 12.6. The Balaban J connectivity index is 1.70. The molecular formula is C13H23N3O. The zero-order valence-electron chi connectivity index (χ0n) is 10.9. The predicted molar refractivity (Wildman–Crippen MR) is 67.7 cm³/mol. The summed E-state index contributed by atoms with van der Waals surface area (Å²) in [6.45, 7) is 3.93. The third-order valence-electron chi connectivity index (χ3n) is 3.55. The molecule has 4 heteroatoms. The molecule has 1 N–H and O–H groups in total. The highest BCUT2D eigenvalue weighted by Gasteiger charge is 2.20. The summed E-state index contributed by atoms with van der Waals surface area (Å²) in [6.07, 6.45) is 8.96. The highest BCUT2D eigenvalue weighted by atomic mass is 16.5. The number of imidazole rings is 1. The van der Waals surface area contributed by atoms with Crippen LogP contribution < -0.4 is 5.32 Å². The second-order valence-electron chi connectivity index (χ2n) is 4.84. The number of rotatable bonds is 5. The minimum absolute atomic E-state index is 0.430. The molecule has 0 radical (unpaired) electrons. The van der Waals surface area contributed by atoms with E-state index in [1.807, 2.05) is 24.1 Å². The summed E-state index contributed by atoms with van der Waals surface area (Å²) < 4.78 is 7.96. The maximum atomic E-state index is 5.95. The molecule has 1 aromatic rings. The second kappa shape index (κ2) is 6.17. The van der Waals surface area contributed by atoms with Gasteiger partial charge in [0.1, 0.15) is 0 Å². The van der Waals surface area contributed by atoms with Gasteiger partial charge in [0.2, 0.25) is 0 Å². The van der Waals surface area contributed by atoms with Gasteiger partial charge in [0.05, 0.1) is 30.9 Å². The van der Waals surface area contributed by atoms with Gasteiger partial charge in [-0.2, -0.15) is 0 Å². The average molecular weight is 237 g/mol. The molecule has 1 heterocycles. The Morgan fingerprint density at radius 1 is 1.41 bits per heavy atom. The molecule has 17 heavy (non-hydrogen) atoms. The minimum Gasteiger partial charge on any atom is -0.372 e. The molecule has 1 aliphatic carbocycles. The third kappa shape index (κ3) is 3.54. The van der Waals surface area contributed by atoms with Crippen LogP contribution in [0.4, 0.5) is 0 Å². The molecular weight excluding hydrogens is 214 g/mol. The number of ether oxygens (including phenoxy) is 1. The molecule has 0 atom stereocenters. The molecule has 96 valence electrons. The van der Waals surface area contributed by atoms with Gasteiger partial charge in [-0.3, -0.25) is 0 Å². The van der Waals surface area contributed by atoms with Crippen LogP contribution in [-0.2, 0) is 18.4 Å². The Morgan fingerprint density at radius 3 is 2.76 bits per heavy atom. The van der Waals surface area contributed by atoms with Crippen molar-refractivity contribution < 1.29 is 4.74 Å². The highest BCUT2D eigenvalue weighted by molar-refractivity contribution is 4.95. The van der Waals surface area contributed by atoms with Crippen molar-refractivity contribution in [2.45, 2.75) is 51.4 Å². The molecule has 1 fully saturated rings. The molecule has 1 aromatic heterocycles. The Labute approximate surface area is 103 Å². The third-order valence-corrected chi connectivity index (χ3v) is 3.55. The predicted octanol–water partition coefficient (Wildman–Crippen LogP) is 1.86. The van der Waals surface area contributed by atoms with E-state index in [0.717, 1.165) is 12.2 Å². The van der Waals surface area contributed by atoms with Crippen molar-refractivity contribution in [3.8, 4) is 0 Å². The van der Waals surface area contributed by atoms with Crippen LogP contribution in [-0.4, -0.2) is 28.2 Å². The van der Waals surface area contributed by atoms with Gasteiger partial charge < -0.3 is 14.6 Å². The summed E-state index contributed by atoms with van der Waals surface area (Å²) in [7, 11) is 2.01. The normalized spacial score (nSPS) is 25.1. The van der Waals surface area contributed by atoms with Crippen molar-refractivity contribution in [3.05, 3.63) is 18.2 Å². The number of aromatic nitrogens is 2. The van der Waals surface area contributed by atoms with Gasteiger partial charge >= 0.3 is 0 Å². The minimum atomic E-state index is 0.430. The Hall–Kier alpha value is -0.870. The van der Waals surface area contributed by atoms with Crippen LogP contribution in [0.2, 0.25) is 0 Å². The molecule has 1 aliphatic rings. The SMILES string of the molecule is CCNC1CCC(OCc2cncn2C)CC1. The lowest BCUT2D eigenvalue weighted by Gasteiger charge is -2.28. The van der Waals surface area contributed by atoms with Crippen LogP contribution in [0.1, 0.15) is 38.3 Å². The van der Waals surface area contributed by atoms with Gasteiger partial charge in [0.15, 0.2) is 0 Å². The van der Waals surface area contributed by atoms with Gasteiger partial charge in [-0.15, -0.1) is 0 Å². The van der Waals surface area contributed by atoms with Crippen molar-refractivity contribution in [1.82, 2.24) is 14.9 Å². The van der Waals surface area contributed by atoms with E-state index >= 15 is 0 Å². The van der Waals surface area contributed by atoms with Crippen molar-refractivity contribution in [3.63, 3.8) is 0 Å². The Kier molecular flexibility index (Phi) is 4.57. The summed E-state index contributed by atoms with van der Waals surface area (Å²) in [5.74, 6) is 0. The molecule has 1 saturated carbocycles. The van der Waals surface area contributed by atoms with Crippen molar-refractivity contribution >= 4 is 0 Å². The first-order valence-corrected chi connectivity index (χ1v) is 6.59. The van der Waals surface area contributed by atoms with Crippen LogP contribution in [0.5, 0.6) is 0 Å². The fourth-order valence-electron chi connectivity index (χ4n) is 2.45. The molecule has 4 nitrogen and oxygen atoms in total. The fourth-order valence-corrected chi connectivity index (χ4v) is 2.45. The molecule has 2 rings (SSSR count). The van der Waals surface area contributed by atoms with Gasteiger partial charge in [-0.25, -0.2) is 4.98 Å². The maximum absolute atomic E-state index is 5.95. The topological polar surface area (TPSA) is 39.1 Å². The largest absolute Gasteiger partial charge is 0.372 e. The molecule has 0 aliphatic heterocycles.